The second-order valence-electron chi connectivity index (χ2n) is 4.44. The molecule has 0 saturated heterocycles. The highest BCUT2D eigenvalue weighted by Crippen LogP contribution is 2.35. The average Bonchev–Trinajstić information content (AvgIpc) is 2.77. The molecule has 1 aromatic heterocycles. The van der Waals surface area contributed by atoms with Crippen LogP contribution in [0.5, 0.6) is 5.75 Å². The molecule has 96 valence electrons. The van der Waals surface area contributed by atoms with Crippen LogP contribution in [-0.4, -0.2) is 11.7 Å². The van der Waals surface area contributed by atoms with Crippen molar-refractivity contribution in [2.24, 2.45) is 0 Å². The minimum absolute atomic E-state index is 0.629. The Morgan fingerprint density at radius 1 is 1.28 bits per heavy atom. The maximum atomic E-state index is 10.7. The van der Waals surface area contributed by atoms with E-state index in [-0.39, 0.29) is 0 Å². The van der Waals surface area contributed by atoms with Crippen LogP contribution in [0, 0.1) is 6.92 Å². The predicted octanol–water partition coefficient (Wildman–Crippen LogP) is 3.71. The fraction of sp³-hybridized carbons (Fsp3) is 0.333. The molecule has 1 atom stereocenters. The van der Waals surface area contributed by atoms with E-state index in [0.29, 0.717) is 6.61 Å². The number of benzene rings is 1. The van der Waals surface area contributed by atoms with E-state index in [2.05, 4.69) is 0 Å². The highest BCUT2D eigenvalue weighted by atomic mass is 32.1. The Morgan fingerprint density at radius 3 is 2.67 bits per heavy atom. The highest BCUT2D eigenvalue weighted by Gasteiger charge is 2.27. The summed E-state index contributed by atoms with van der Waals surface area (Å²) >= 11 is 1.62. The predicted molar refractivity (Wildman–Crippen MR) is 75.3 cm³/mol. The molecule has 0 fully saturated rings. The topological polar surface area (TPSA) is 29.5 Å². The first kappa shape index (κ1) is 13.1. The molecule has 0 amide bonds. The Bertz CT molecular complexity index is 529. The minimum Gasteiger partial charge on any atom is -0.494 e. The van der Waals surface area contributed by atoms with Crippen LogP contribution in [0.4, 0.5) is 0 Å². The lowest BCUT2D eigenvalue weighted by molar-refractivity contribution is 0.106. The molecule has 0 aliphatic rings. The van der Waals surface area contributed by atoms with Gasteiger partial charge in [-0.15, -0.1) is 11.3 Å². The third-order valence-electron chi connectivity index (χ3n) is 2.93. The summed E-state index contributed by atoms with van der Waals surface area (Å²) in [5, 5.41) is 10.7. The Balaban J connectivity index is 2.37. The third-order valence-corrected chi connectivity index (χ3v) is 4.14. The monoisotopic (exact) mass is 262 g/mol. The zero-order valence-corrected chi connectivity index (χ0v) is 11.8. The molecule has 1 aromatic carbocycles. The first-order chi connectivity index (χ1) is 8.54. The summed E-state index contributed by atoms with van der Waals surface area (Å²) in [6.07, 6.45) is 0. The van der Waals surface area contributed by atoms with Crippen LogP contribution in [0.25, 0.3) is 0 Å². The van der Waals surface area contributed by atoms with Crippen molar-refractivity contribution < 1.29 is 9.84 Å². The van der Waals surface area contributed by atoms with E-state index in [1.54, 1.807) is 11.3 Å². The van der Waals surface area contributed by atoms with Crippen LogP contribution in [0.15, 0.2) is 36.4 Å². The minimum atomic E-state index is -0.966. The zero-order valence-electron chi connectivity index (χ0n) is 10.9. The highest BCUT2D eigenvalue weighted by molar-refractivity contribution is 7.12. The molecule has 1 heterocycles. The smallest absolute Gasteiger partial charge is 0.121 e. The van der Waals surface area contributed by atoms with E-state index in [9.17, 15) is 5.11 Å². The second-order valence-corrected chi connectivity index (χ2v) is 5.73. The third kappa shape index (κ3) is 2.57. The summed E-state index contributed by atoms with van der Waals surface area (Å²) in [5.41, 5.74) is -0.109. The van der Waals surface area contributed by atoms with Gasteiger partial charge < -0.3 is 9.84 Å². The molecule has 0 radical (unpaired) electrons. The SMILES string of the molecule is CCOc1cccc(C(C)(O)c2ccc(C)s2)c1. The fourth-order valence-corrected chi connectivity index (χ4v) is 2.83. The molecule has 0 bridgehead atoms. The largest absolute Gasteiger partial charge is 0.494 e. The first-order valence-corrected chi connectivity index (χ1v) is 6.88. The van der Waals surface area contributed by atoms with Crippen molar-refractivity contribution in [2.75, 3.05) is 6.61 Å². The van der Waals surface area contributed by atoms with Crippen molar-refractivity contribution in [3.8, 4) is 5.75 Å². The normalized spacial score (nSPS) is 14.2. The van der Waals surface area contributed by atoms with E-state index in [1.165, 1.54) is 4.88 Å². The molecule has 0 saturated carbocycles. The van der Waals surface area contributed by atoms with Crippen LogP contribution in [0.1, 0.15) is 29.2 Å². The number of aryl methyl sites for hydroxylation is 1. The number of hydrogen-bond donors (Lipinski definition) is 1. The van der Waals surface area contributed by atoms with Crippen molar-refractivity contribution in [1.29, 1.82) is 0 Å². The van der Waals surface area contributed by atoms with E-state index in [4.69, 9.17) is 4.74 Å². The molecular formula is C15H18O2S. The number of hydrogen-bond acceptors (Lipinski definition) is 3. The standard InChI is InChI=1S/C15H18O2S/c1-4-17-13-7-5-6-12(10-13)15(3,16)14-9-8-11(2)18-14/h5-10,16H,4H2,1-3H3. The molecule has 1 unspecified atom stereocenters. The van der Waals surface area contributed by atoms with E-state index in [1.807, 2.05) is 57.2 Å². The lowest BCUT2D eigenvalue weighted by atomic mass is 9.94. The van der Waals surface area contributed by atoms with Crippen molar-refractivity contribution in [2.45, 2.75) is 26.4 Å². The summed E-state index contributed by atoms with van der Waals surface area (Å²) in [6, 6.07) is 11.7. The van der Waals surface area contributed by atoms with Crippen molar-refractivity contribution in [1.82, 2.24) is 0 Å². The van der Waals surface area contributed by atoms with Crippen molar-refractivity contribution >= 4 is 11.3 Å². The molecule has 1 N–H and O–H groups in total. The van der Waals surface area contributed by atoms with Gasteiger partial charge in [-0.05, 0) is 50.6 Å². The first-order valence-electron chi connectivity index (χ1n) is 6.06. The number of ether oxygens (including phenoxy) is 1. The van der Waals surface area contributed by atoms with Gasteiger partial charge >= 0.3 is 0 Å². The molecule has 2 nitrogen and oxygen atoms in total. The molecule has 0 aliphatic heterocycles. The quantitative estimate of drug-likeness (QED) is 0.910. The van der Waals surface area contributed by atoms with Gasteiger partial charge in [0.25, 0.3) is 0 Å². The van der Waals surface area contributed by atoms with Gasteiger partial charge in [0.15, 0.2) is 0 Å². The lowest BCUT2D eigenvalue weighted by Crippen LogP contribution is -2.21. The number of thiophene rings is 1. The van der Waals surface area contributed by atoms with Crippen molar-refractivity contribution in [3.63, 3.8) is 0 Å². The second kappa shape index (κ2) is 5.12. The van der Waals surface area contributed by atoms with Gasteiger partial charge in [-0.2, -0.15) is 0 Å². The Morgan fingerprint density at radius 2 is 2.06 bits per heavy atom. The summed E-state index contributed by atoms with van der Waals surface area (Å²) in [5.74, 6) is 0.795. The zero-order chi connectivity index (χ0) is 13.2. The summed E-state index contributed by atoms with van der Waals surface area (Å²) < 4.78 is 5.48. The molecular weight excluding hydrogens is 244 g/mol. The maximum Gasteiger partial charge on any atom is 0.121 e. The Labute approximate surface area is 112 Å². The van der Waals surface area contributed by atoms with Crippen molar-refractivity contribution in [3.05, 3.63) is 51.7 Å². The number of rotatable bonds is 4. The Kier molecular flexibility index (Phi) is 3.73. The Hall–Kier alpha value is -1.32. The van der Waals surface area contributed by atoms with Gasteiger partial charge in [0.05, 0.1) is 6.61 Å². The van der Waals surface area contributed by atoms with E-state index >= 15 is 0 Å². The van der Waals surface area contributed by atoms with Crippen LogP contribution in [0.3, 0.4) is 0 Å². The summed E-state index contributed by atoms with van der Waals surface area (Å²) in [4.78, 5) is 2.15. The summed E-state index contributed by atoms with van der Waals surface area (Å²) in [6.45, 7) is 6.45. The number of aliphatic hydroxyl groups is 1. The molecule has 2 rings (SSSR count). The van der Waals surface area contributed by atoms with Gasteiger partial charge in [0, 0.05) is 9.75 Å². The van der Waals surface area contributed by atoms with Gasteiger partial charge in [-0.25, -0.2) is 0 Å². The van der Waals surface area contributed by atoms with E-state index in [0.717, 1.165) is 16.2 Å². The molecule has 0 spiro atoms. The maximum absolute atomic E-state index is 10.7. The van der Waals surface area contributed by atoms with Crippen LogP contribution in [-0.2, 0) is 5.60 Å². The van der Waals surface area contributed by atoms with Crippen LogP contribution >= 0.6 is 11.3 Å². The lowest BCUT2D eigenvalue weighted by Gasteiger charge is -2.23. The summed E-state index contributed by atoms with van der Waals surface area (Å²) in [7, 11) is 0. The molecule has 2 aromatic rings. The van der Waals surface area contributed by atoms with Crippen LogP contribution < -0.4 is 4.74 Å². The van der Waals surface area contributed by atoms with Crippen LogP contribution in [0.2, 0.25) is 0 Å². The molecule has 0 aliphatic carbocycles. The fourth-order valence-electron chi connectivity index (χ4n) is 1.89. The molecule has 18 heavy (non-hydrogen) atoms. The van der Waals surface area contributed by atoms with Gasteiger partial charge in [-0.1, -0.05) is 12.1 Å². The van der Waals surface area contributed by atoms with Gasteiger partial charge in [0.1, 0.15) is 11.4 Å². The van der Waals surface area contributed by atoms with E-state index < -0.39 is 5.60 Å². The van der Waals surface area contributed by atoms with Gasteiger partial charge in [-0.3, -0.25) is 0 Å². The van der Waals surface area contributed by atoms with Gasteiger partial charge in [0.2, 0.25) is 0 Å². The average molecular weight is 262 g/mol. The molecule has 3 heteroatoms.